The Morgan fingerprint density at radius 3 is 2.30 bits per heavy atom. The molecule has 0 fully saturated rings. The fourth-order valence-electron chi connectivity index (χ4n) is 0.474. The van der Waals surface area contributed by atoms with Gasteiger partial charge in [-0.25, -0.2) is 0 Å². The lowest BCUT2D eigenvalue weighted by Gasteiger charge is -1.94. The summed E-state index contributed by atoms with van der Waals surface area (Å²) in [4.78, 5) is 0. The molecule has 0 heterocycles. The van der Waals surface area contributed by atoms with E-state index in [4.69, 9.17) is 5.73 Å². The van der Waals surface area contributed by atoms with E-state index in [1.54, 1.807) is 6.08 Å². The second kappa shape index (κ2) is 4.69. The number of hydrogen-bond acceptors (Lipinski definition) is 1. The lowest BCUT2D eigenvalue weighted by molar-refractivity contribution is 1.29. The van der Waals surface area contributed by atoms with Crippen LogP contribution in [-0.4, -0.2) is 0 Å². The van der Waals surface area contributed by atoms with E-state index in [1.807, 2.05) is 26.8 Å². The number of hydrogen-bond donors (Lipinski definition) is 1. The lowest BCUT2D eigenvalue weighted by Crippen LogP contribution is -1.96. The first kappa shape index (κ1) is 8.84. The van der Waals surface area contributed by atoms with E-state index in [9.17, 15) is 0 Å². The maximum absolute atomic E-state index is 5.43. The third-order valence-corrected chi connectivity index (χ3v) is 1.05. The SMILES string of the molecule is CC.CC1=CC=C=C=C1N. The Kier molecular flexibility index (Phi) is 4.15. The predicted octanol–water partition coefficient (Wildman–Crippen LogP) is 2.13. The molecule has 1 rings (SSSR count). The van der Waals surface area contributed by atoms with Gasteiger partial charge in [0.15, 0.2) is 0 Å². The van der Waals surface area contributed by atoms with Gasteiger partial charge in [0.2, 0.25) is 0 Å². The molecule has 1 aliphatic rings. The molecule has 0 unspecified atom stereocenters. The summed E-state index contributed by atoms with van der Waals surface area (Å²) in [6.45, 7) is 5.94. The number of allylic oxidation sites excluding steroid dienone is 3. The van der Waals surface area contributed by atoms with Crippen molar-refractivity contribution < 1.29 is 0 Å². The van der Waals surface area contributed by atoms with Gasteiger partial charge in [0, 0.05) is 0 Å². The highest BCUT2D eigenvalue weighted by molar-refractivity contribution is 5.31. The van der Waals surface area contributed by atoms with Crippen molar-refractivity contribution in [1.82, 2.24) is 0 Å². The Morgan fingerprint density at radius 2 is 2.00 bits per heavy atom. The van der Waals surface area contributed by atoms with Crippen LogP contribution in [0, 0.1) is 0 Å². The molecule has 0 saturated carbocycles. The van der Waals surface area contributed by atoms with Crippen molar-refractivity contribution >= 4 is 0 Å². The summed E-state index contributed by atoms with van der Waals surface area (Å²) in [5.41, 5.74) is 12.7. The van der Waals surface area contributed by atoms with Gasteiger partial charge in [0.05, 0.1) is 5.70 Å². The third kappa shape index (κ3) is 2.41. The molecule has 10 heavy (non-hydrogen) atoms. The van der Waals surface area contributed by atoms with Crippen LogP contribution in [-0.2, 0) is 0 Å². The van der Waals surface area contributed by atoms with Gasteiger partial charge >= 0.3 is 0 Å². The van der Waals surface area contributed by atoms with E-state index in [2.05, 4.69) is 11.5 Å². The minimum atomic E-state index is 0.688. The average Bonchev–Trinajstić information content (AvgIpc) is 2.00. The molecule has 0 aromatic rings. The zero-order valence-corrected chi connectivity index (χ0v) is 6.73. The van der Waals surface area contributed by atoms with Gasteiger partial charge in [-0.3, -0.25) is 0 Å². The Bertz CT molecular complexity index is 221. The highest BCUT2D eigenvalue weighted by Crippen LogP contribution is 2.02. The second-order valence-electron chi connectivity index (χ2n) is 1.70. The van der Waals surface area contributed by atoms with Crippen LogP contribution in [0.4, 0.5) is 0 Å². The Labute approximate surface area is 62.2 Å². The molecule has 0 aromatic heterocycles. The standard InChI is InChI=1S/C7H7N.C2H6/c1-6-4-2-3-5-7(6)8;1-2/h2,4H,8H2,1H3;1-2H3. The van der Waals surface area contributed by atoms with Gasteiger partial charge in [-0.1, -0.05) is 19.6 Å². The smallest absolute Gasteiger partial charge is 0.0860 e. The molecule has 1 nitrogen and oxygen atoms in total. The van der Waals surface area contributed by atoms with Gasteiger partial charge in [-0.15, -0.1) is 0 Å². The van der Waals surface area contributed by atoms with Crippen molar-refractivity contribution in [1.29, 1.82) is 0 Å². The fraction of sp³-hybridized carbons (Fsp3) is 0.333. The molecule has 0 spiro atoms. The summed E-state index contributed by atoms with van der Waals surface area (Å²) < 4.78 is 0. The maximum atomic E-state index is 5.43. The molecule has 1 aliphatic carbocycles. The average molecular weight is 135 g/mol. The summed E-state index contributed by atoms with van der Waals surface area (Å²) in [6, 6.07) is 0. The molecule has 0 aromatic carbocycles. The van der Waals surface area contributed by atoms with Crippen molar-refractivity contribution in [2.24, 2.45) is 5.73 Å². The molecular weight excluding hydrogens is 122 g/mol. The van der Waals surface area contributed by atoms with Gasteiger partial charge in [0.25, 0.3) is 0 Å². The maximum Gasteiger partial charge on any atom is 0.0860 e. The molecule has 0 saturated heterocycles. The zero-order valence-electron chi connectivity index (χ0n) is 6.73. The summed E-state index contributed by atoms with van der Waals surface area (Å²) >= 11 is 0. The van der Waals surface area contributed by atoms with E-state index in [-0.39, 0.29) is 0 Å². The highest BCUT2D eigenvalue weighted by Gasteiger charge is 1.90. The van der Waals surface area contributed by atoms with Crippen LogP contribution in [0.25, 0.3) is 0 Å². The largest absolute Gasteiger partial charge is 0.392 e. The van der Waals surface area contributed by atoms with Crippen molar-refractivity contribution in [3.05, 3.63) is 34.9 Å². The monoisotopic (exact) mass is 135 g/mol. The fourth-order valence-corrected chi connectivity index (χ4v) is 0.474. The van der Waals surface area contributed by atoms with E-state index in [0.717, 1.165) is 5.57 Å². The molecule has 1 heteroatoms. The highest BCUT2D eigenvalue weighted by atomic mass is 14.6. The molecule has 0 amide bonds. The first-order chi connectivity index (χ1) is 4.80. The van der Waals surface area contributed by atoms with Crippen molar-refractivity contribution in [2.45, 2.75) is 20.8 Å². The summed E-state index contributed by atoms with van der Waals surface area (Å²) in [5.74, 6) is 0. The molecule has 54 valence electrons. The molecule has 2 N–H and O–H groups in total. The molecule has 0 bridgehead atoms. The summed E-state index contributed by atoms with van der Waals surface area (Å²) in [7, 11) is 0. The van der Waals surface area contributed by atoms with Gasteiger partial charge in [0.1, 0.15) is 0 Å². The Balaban J connectivity index is 0.000000371. The van der Waals surface area contributed by atoms with E-state index >= 15 is 0 Å². The third-order valence-electron chi connectivity index (χ3n) is 1.05. The van der Waals surface area contributed by atoms with E-state index < -0.39 is 0 Å². The lowest BCUT2D eigenvalue weighted by atomic mass is 10.2. The normalized spacial score (nSPS) is 13.1. The van der Waals surface area contributed by atoms with Crippen LogP contribution in [0.15, 0.2) is 34.9 Å². The van der Waals surface area contributed by atoms with E-state index in [1.165, 1.54) is 0 Å². The summed E-state index contributed by atoms with van der Waals surface area (Å²) in [5, 5.41) is 0. The minimum Gasteiger partial charge on any atom is -0.392 e. The number of rotatable bonds is 0. The first-order valence-electron chi connectivity index (χ1n) is 3.45. The first-order valence-corrected chi connectivity index (χ1v) is 3.45. The van der Waals surface area contributed by atoms with Crippen LogP contribution in [0.5, 0.6) is 0 Å². The molecule has 0 radical (unpaired) electrons. The van der Waals surface area contributed by atoms with Crippen LogP contribution >= 0.6 is 0 Å². The van der Waals surface area contributed by atoms with E-state index in [0.29, 0.717) is 5.70 Å². The Morgan fingerprint density at radius 1 is 1.40 bits per heavy atom. The van der Waals surface area contributed by atoms with Crippen LogP contribution in [0.3, 0.4) is 0 Å². The molecule has 0 atom stereocenters. The zero-order chi connectivity index (χ0) is 7.98. The minimum absolute atomic E-state index is 0.688. The van der Waals surface area contributed by atoms with Crippen molar-refractivity contribution in [2.75, 3.05) is 0 Å². The quantitative estimate of drug-likeness (QED) is 0.506. The topological polar surface area (TPSA) is 26.0 Å². The van der Waals surface area contributed by atoms with Crippen molar-refractivity contribution in [3.63, 3.8) is 0 Å². The molecular formula is C9H13N. The van der Waals surface area contributed by atoms with Crippen LogP contribution in [0.2, 0.25) is 0 Å². The van der Waals surface area contributed by atoms with Gasteiger partial charge in [-0.2, -0.15) is 0 Å². The van der Waals surface area contributed by atoms with Crippen molar-refractivity contribution in [3.8, 4) is 0 Å². The second-order valence-corrected chi connectivity index (χ2v) is 1.70. The van der Waals surface area contributed by atoms with Crippen LogP contribution in [0.1, 0.15) is 20.8 Å². The predicted molar refractivity (Wildman–Crippen MR) is 44.4 cm³/mol. The summed E-state index contributed by atoms with van der Waals surface area (Å²) in [6.07, 6.45) is 3.71. The van der Waals surface area contributed by atoms with Gasteiger partial charge in [-0.05, 0) is 30.4 Å². The number of nitrogens with two attached hydrogens (primary N) is 1. The molecule has 0 aliphatic heterocycles. The Hall–Kier alpha value is -1.16. The van der Waals surface area contributed by atoms with Gasteiger partial charge < -0.3 is 5.73 Å². The van der Waals surface area contributed by atoms with Crippen LogP contribution < -0.4 is 5.73 Å².